The number of amides is 2. The van der Waals surface area contributed by atoms with Crippen LogP contribution in [0.5, 0.6) is 11.5 Å². The number of para-hydroxylation sites is 2. The van der Waals surface area contributed by atoms with Crippen LogP contribution in [-0.4, -0.2) is 38.1 Å². The first-order chi connectivity index (χ1) is 12.7. The minimum atomic E-state index is -0.334. The normalized spacial score (nSPS) is 15.3. The van der Waals surface area contributed by atoms with Crippen LogP contribution in [0.25, 0.3) is 0 Å². The largest absolute Gasteiger partial charge is 0.493 e. The summed E-state index contributed by atoms with van der Waals surface area (Å²) < 4.78 is 11.0. The third-order valence-corrected chi connectivity index (χ3v) is 4.10. The van der Waals surface area contributed by atoms with Crippen LogP contribution in [0.1, 0.15) is 5.56 Å². The van der Waals surface area contributed by atoms with Crippen molar-refractivity contribution in [2.24, 2.45) is 5.92 Å². The molecular weight excluding hydrogens is 332 g/mol. The van der Waals surface area contributed by atoms with Crippen LogP contribution < -0.4 is 20.1 Å². The quantitative estimate of drug-likeness (QED) is 0.791. The SMILES string of the molecule is O=C(CNC(=O)COc1ccccc1)NCC1COc2ccccc2C1. The van der Waals surface area contributed by atoms with Gasteiger partial charge in [0.15, 0.2) is 6.61 Å². The summed E-state index contributed by atoms with van der Waals surface area (Å²) in [6.07, 6.45) is 0.869. The van der Waals surface area contributed by atoms with Crippen molar-refractivity contribution in [3.8, 4) is 11.5 Å². The van der Waals surface area contributed by atoms with E-state index in [1.807, 2.05) is 42.5 Å². The summed E-state index contributed by atoms with van der Waals surface area (Å²) in [4.78, 5) is 23.6. The molecule has 6 nitrogen and oxygen atoms in total. The van der Waals surface area contributed by atoms with Gasteiger partial charge in [0.25, 0.3) is 5.91 Å². The van der Waals surface area contributed by atoms with Gasteiger partial charge in [-0.05, 0) is 30.2 Å². The van der Waals surface area contributed by atoms with Crippen LogP contribution in [0.3, 0.4) is 0 Å². The minimum Gasteiger partial charge on any atom is -0.493 e. The zero-order chi connectivity index (χ0) is 18.2. The van der Waals surface area contributed by atoms with Crippen LogP contribution in [-0.2, 0) is 16.0 Å². The van der Waals surface area contributed by atoms with E-state index in [1.54, 1.807) is 12.1 Å². The second-order valence-corrected chi connectivity index (χ2v) is 6.17. The fourth-order valence-electron chi connectivity index (χ4n) is 2.74. The van der Waals surface area contributed by atoms with Gasteiger partial charge >= 0.3 is 0 Å². The molecule has 136 valence electrons. The molecule has 1 aliphatic rings. The summed E-state index contributed by atoms with van der Waals surface area (Å²) in [5, 5.41) is 5.39. The molecule has 2 N–H and O–H groups in total. The van der Waals surface area contributed by atoms with Crippen molar-refractivity contribution in [3.63, 3.8) is 0 Å². The van der Waals surface area contributed by atoms with Crippen molar-refractivity contribution in [2.45, 2.75) is 6.42 Å². The van der Waals surface area contributed by atoms with Gasteiger partial charge in [0, 0.05) is 12.5 Å². The van der Waals surface area contributed by atoms with Crippen LogP contribution in [0.2, 0.25) is 0 Å². The summed E-state index contributed by atoms with van der Waals surface area (Å²) in [5.41, 5.74) is 1.16. The first-order valence-corrected chi connectivity index (χ1v) is 8.62. The van der Waals surface area contributed by atoms with E-state index in [4.69, 9.17) is 9.47 Å². The summed E-state index contributed by atoms with van der Waals surface area (Å²) in [5.74, 6) is 1.20. The fraction of sp³-hybridized carbons (Fsp3) is 0.300. The van der Waals surface area contributed by atoms with Gasteiger partial charge in [0.1, 0.15) is 11.5 Å². The van der Waals surface area contributed by atoms with E-state index in [0.717, 1.165) is 17.7 Å². The van der Waals surface area contributed by atoms with Crippen molar-refractivity contribution < 1.29 is 19.1 Å². The number of fused-ring (bicyclic) bond motifs is 1. The van der Waals surface area contributed by atoms with Crippen molar-refractivity contribution in [1.82, 2.24) is 10.6 Å². The molecule has 1 atom stereocenters. The van der Waals surface area contributed by atoms with E-state index >= 15 is 0 Å². The smallest absolute Gasteiger partial charge is 0.258 e. The number of nitrogens with one attached hydrogen (secondary N) is 2. The molecule has 1 unspecified atom stereocenters. The Morgan fingerprint density at radius 2 is 1.77 bits per heavy atom. The van der Waals surface area contributed by atoms with E-state index in [0.29, 0.717) is 18.9 Å². The van der Waals surface area contributed by atoms with Gasteiger partial charge in [-0.15, -0.1) is 0 Å². The van der Waals surface area contributed by atoms with Gasteiger partial charge < -0.3 is 20.1 Å². The fourth-order valence-corrected chi connectivity index (χ4v) is 2.74. The van der Waals surface area contributed by atoms with Crippen molar-refractivity contribution in [3.05, 3.63) is 60.2 Å². The van der Waals surface area contributed by atoms with Gasteiger partial charge in [-0.1, -0.05) is 36.4 Å². The molecule has 0 bridgehead atoms. The highest BCUT2D eigenvalue weighted by Gasteiger charge is 2.20. The van der Waals surface area contributed by atoms with E-state index in [1.165, 1.54) is 0 Å². The lowest BCUT2D eigenvalue weighted by Crippen LogP contribution is -2.41. The Balaban J connectivity index is 1.32. The van der Waals surface area contributed by atoms with Crippen LogP contribution in [0.15, 0.2) is 54.6 Å². The van der Waals surface area contributed by atoms with Gasteiger partial charge in [0.2, 0.25) is 5.91 Å². The molecule has 0 saturated carbocycles. The molecule has 1 heterocycles. The average molecular weight is 354 g/mol. The monoisotopic (exact) mass is 354 g/mol. The third kappa shape index (κ3) is 5.24. The maximum Gasteiger partial charge on any atom is 0.258 e. The summed E-state index contributed by atoms with van der Waals surface area (Å²) in [7, 11) is 0. The summed E-state index contributed by atoms with van der Waals surface area (Å²) in [6, 6.07) is 17.0. The Morgan fingerprint density at radius 1 is 1.00 bits per heavy atom. The highest BCUT2D eigenvalue weighted by molar-refractivity contribution is 5.85. The van der Waals surface area contributed by atoms with Crippen LogP contribution in [0.4, 0.5) is 0 Å². The molecule has 0 aromatic heterocycles. The number of benzene rings is 2. The Hall–Kier alpha value is -3.02. The molecular formula is C20H22N2O4. The topological polar surface area (TPSA) is 76.7 Å². The predicted octanol–water partition coefficient (Wildman–Crippen LogP) is 1.55. The molecule has 0 spiro atoms. The van der Waals surface area contributed by atoms with Gasteiger partial charge in [-0.3, -0.25) is 9.59 Å². The molecule has 0 saturated heterocycles. The number of hydrogen-bond acceptors (Lipinski definition) is 4. The molecule has 0 radical (unpaired) electrons. The number of carbonyl (C=O) groups excluding carboxylic acids is 2. The predicted molar refractivity (Wildman–Crippen MR) is 97.1 cm³/mol. The molecule has 0 aliphatic carbocycles. The van der Waals surface area contributed by atoms with Crippen LogP contribution >= 0.6 is 0 Å². The molecule has 26 heavy (non-hydrogen) atoms. The maximum absolute atomic E-state index is 11.9. The van der Waals surface area contributed by atoms with Crippen molar-refractivity contribution in [1.29, 1.82) is 0 Å². The number of ether oxygens (including phenoxy) is 2. The molecule has 6 heteroatoms. The average Bonchev–Trinajstić information content (AvgIpc) is 2.69. The highest BCUT2D eigenvalue weighted by atomic mass is 16.5. The standard InChI is InChI=1S/C20H22N2O4/c23-19(12-22-20(24)14-25-17-7-2-1-3-8-17)21-11-15-10-16-6-4-5-9-18(16)26-13-15/h1-9,15H,10-14H2,(H,21,23)(H,22,24). The highest BCUT2D eigenvalue weighted by Crippen LogP contribution is 2.26. The lowest BCUT2D eigenvalue weighted by Gasteiger charge is -2.25. The maximum atomic E-state index is 11.9. The second-order valence-electron chi connectivity index (χ2n) is 6.17. The van der Waals surface area contributed by atoms with Crippen molar-refractivity contribution in [2.75, 3.05) is 26.3 Å². The third-order valence-electron chi connectivity index (χ3n) is 4.10. The molecule has 0 fully saturated rings. The number of carbonyl (C=O) groups is 2. The molecule has 1 aliphatic heterocycles. The Morgan fingerprint density at radius 3 is 2.62 bits per heavy atom. The number of hydrogen-bond donors (Lipinski definition) is 2. The van der Waals surface area contributed by atoms with Gasteiger partial charge in [0.05, 0.1) is 13.2 Å². The van der Waals surface area contributed by atoms with E-state index in [2.05, 4.69) is 10.6 Å². The second kappa shape index (κ2) is 8.89. The molecule has 2 aromatic carbocycles. The van der Waals surface area contributed by atoms with E-state index < -0.39 is 0 Å². The van der Waals surface area contributed by atoms with Gasteiger partial charge in [-0.25, -0.2) is 0 Å². The lowest BCUT2D eigenvalue weighted by molar-refractivity contribution is -0.127. The van der Waals surface area contributed by atoms with E-state index in [-0.39, 0.29) is 30.9 Å². The lowest BCUT2D eigenvalue weighted by atomic mass is 9.97. The zero-order valence-electron chi connectivity index (χ0n) is 14.4. The molecule has 2 aromatic rings. The summed E-state index contributed by atoms with van der Waals surface area (Å²) >= 11 is 0. The van der Waals surface area contributed by atoms with Crippen molar-refractivity contribution >= 4 is 11.8 Å². The Bertz CT molecular complexity index is 748. The number of rotatable bonds is 7. The molecule has 2 amide bonds. The van der Waals surface area contributed by atoms with Crippen LogP contribution in [0, 0.1) is 5.92 Å². The van der Waals surface area contributed by atoms with Gasteiger partial charge in [-0.2, -0.15) is 0 Å². The molecule has 3 rings (SSSR count). The minimum absolute atomic E-state index is 0.0683. The Kier molecular flexibility index (Phi) is 6.09. The first kappa shape index (κ1) is 17.8. The van der Waals surface area contributed by atoms with E-state index in [9.17, 15) is 9.59 Å². The summed E-state index contributed by atoms with van der Waals surface area (Å²) in [6.45, 7) is 0.907. The zero-order valence-corrected chi connectivity index (χ0v) is 14.4. The first-order valence-electron chi connectivity index (χ1n) is 8.62. The Labute approximate surface area is 152 Å².